The molecule has 2 heterocycles. The summed E-state index contributed by atoms with van der Waals surface area (Å²) >= 11 is 0. The average Bonchev–Trinajstić information content (AvgIpc) is 3.00. The van der Waals surface area contributed by atoms with Crippen molar-refractivity contribution in [1.29, 1.82) is 0 Å². The maximum atomic E-state index is 13.0. The molecule has 0 amide bonds. The van der Waals surface area contributed by atoms with Gasteiger partial charge in [0.25, 0.3) is 0 Å². The maximum Gasteiger partial charge on any atom is 0.243 e. The van der Waals surface area contributed by atoms with Gasteiger partial charge in [0.1, 0.15) is 0 Å². The highest BCUT2D eigenvalue weighted by Crippen LogP contribution is 2.30. The van der Waals surface area contributed by atoms with E-state index >= 15 is 0 Å². The van der Waals surface area contributed by atoms with Gasteiger partial charge >= 0.3 is 0 Å². The average molecular weight is 322 g/mol. The number of sulfonamides is 1. The second kappa shape index (κ2) is 5.83. The number of morpholine rings is 1. The molecule has 118 valence electrons. The molecule has 2 aromatic rings. The lowest BCUT2D eigenvalue weighted by molar-refractivity contribution is -0.0440. The van der Waals surface area contributed by atoms with Gasteiger partial charge in [-0.3, -0.25) is 0 Å². The lowest BCUT2D eigenvalue weighted by Gasteiger charge is -2.34. The van der Waals surface area contributed by atoms with Crippen molar-refractivity contribution >= 4 is 10.0 Å². The minimum absolute atomic E-state index is 0.129. The van der Waals surface area contributed by atoms with E-state index in [0.29, 0.717) is 24.4 Å². The summed E-state index contributed by atoms with van der Waals surface area (Å²) in [5.74, 6) is 0.438. The van der Waals surface area contributed by atoms with Crippen molar-refractivity contribution < 1.29 is 17.7 Å². The highest BCUT2D eigenvalue weighted by atomic mass is 32.2. The number of hydrogen-bond donors (Lipinski definition) is 0. The second-order valence-electron chi connectivity index (χ2n) is 5.45. The largest absolute Gasteiger partial charge is 0.373 e. The third-order valence-corrected chi connectivity index (χ3v) is 5.48. The van der Waals surface area contributed by atoms with Gasteiger partial charge in [-0.05, 0) is 26.0 Å². The molecule has 22 heavy (non-hydrogen) atoms. The van der Waals surface area contributed by atoms with Crippen LogP contribution in [0.1, 0.15) is 13.8 Å². The molecule has 0 N–H and O–H groups in total. The van der Waals surface area contributed by atoms with E-state index in [1.54, 1.807) is 30.3 Å². The van der Waals surface area contributed by atoms with E-state index in [1.165, 1.54) is 10.5 Å². The summed E-state index contributed by atoms with van der Waals surface area (Å²) in [4.78, 5) is 0.230. The van der Waals surface area contributed by atoms with Gasteiger partial charge in [-0.25, -0.2) is 8.42 Å². The zero-order valence-electron chi connectivity index (χ0n) is 12.5. The molecular formula is C15H18N2O4S. The predicted octanol–water partition coefficient (Wildman–Crippen LogP) is 2.14. The Hall–Kier alpha value is -1.70. The monoisotopic (exact) mass is 322 g/mol. The van der Waals surface area contributed by atoms with Crippen molar-refractivity contribution in [3.8, 4) is 11.3 Å². The zero-order valence-corrected chi connectivity index (χ0v) is 13.3. The lowest BCUT2D eigenvalue weighted by atomic mass is 10.2. The van der Waals surface area contributed by atoms with Crippen molar-refractivity contribution in [2.45, 2.75) is 31.0 Å². The smallest absolute Gasteiger partial charge is 0.243 e. The quantitative estimate of drug-likeness (QED) is 0.865. The van der Waals surface area contributed by atoms with Crippen molar-refractivity contribution in [3.05, 3.63) is 36.5 Å². The zero-order chi connectivity index (χ0) is 15.7. The highest BCUT2D eigenvalue weighted by Gasteiger charge is 2.33. The fourth-order valence-corrected chi connectivity index (χ4v) is 4.50. The summed E-state index contributed by atoms with van der Waals surface area (Å²) in [6, 6.07) is 8.46. The Kier molecular flexibility index (Phi) is 4.03. The molecular weight excluding hydrogens is 304 g/mol. The first-order valence-corrected chi connectivity index (χ1v) is 8.58. The van der Waals surface area contributed by atoms with Crippen LogP contribution in [-0.4, -0.2) is 43.2 Å². The normalized spacial score (nSPS) is 23.5. The third kappa shape index (κ3) is 2.79. The Morgan fingerprint density at radius 3 is 2.45 bits per heavy atom. The molecule has 7 heteroatoms. The first-order valence-electron chi connectivity index (χ1n) is 7.14. The molecule has 1 aromatic carbocycles. The van der Waals surface area contributed by atoms with Crippen molar-refractivity contribution in [2.24, 2.45) is 0 Å². The van der Waals surface area contributed by atoms with Gasteiger partial charge in [0.2, 0.25) is 10.0 Å². The topological polar surface area (TPSA) is 72.6 Å². The summed E-state index contributed by atoms with van der Waals surface area (Å²) in [6.45, 7) is 4.44. The van der Waals surface area contributed by atoms with E-state index in [0.717, 1.165) is 0 Å². The summed E-state index contributed by atoms with van der Waals surface area (Å²) in [7, 11) is -3.62. The first kappa shape index (κ1) is 15.2. The molecule has 1 aliphatic rings. The highest BCUT2D eigenvalue weighted by molar-refractivity contribution is 7.89. The SMILES string of the molecule is C[C@@H]1CN(S(=O)(=O)c2ccccc2-c2ccno2)C[C@H](C)O1. The van der Waals surface area contributed by atoms with E-state index in [4.69, 9.17) is 9.26 Å². The molecule has 0 bridgehead atoms. The van der Waals surface area contributed by atoms with Crippen LogP contribution < -0.4 is 0 Å². The molecule has 2 atom stereocenters. The Balaban J connectivity index is 2.03. The number of aromatic nitrogens is 1. The summed E-state index contributed by atoms with van der Waals surface area (Å²) in [5, 5.41) is 3.65. The van der Waals surface area contributed by atoms with E-state index in [2.05, 4.69) is 5.16 Å². The van der Waals surface area contributed by atoms with Crippen LogP contribution in [0.2, 0.25) is 0 Å². The Morgan fingerprint density at radius 1 is 1.14 bits per heavy atom. The van der Waals surface area contributed by atoms with E-state index in [9.17, 15) is 8.42 Å². The number of hydrogen-bond acceptors (Lipinski definition) is 5. The van der Waals surface area contributed by atoms with Crippen LogP contribution in [0.25, 0.3) is 11.3 Å². The van der Waals surface area contributed by atoms with Gasteiger partial charge in [0.05, 0.1) is 23.3 Å². The van der Waals surface area contributed by atoms with Gasteiger partial charge < -0.3 is 9.26 Å². The van der Waals surface area contributed by atoms with Crippen LogP contribution in [-0.2, 0) is 14.8 Å². The van der Waals surface area contributed by atoms with Gasteiger partial charge in [-0.2, -0.15) is 4.31 Å². The number of rotatable bonds is 3. The van der Waals surface area contributed by atoms with Crippen molar-refractivity contribution in [1.82, 2.24) is 9.46 Å². The van der Waals surface area contributed by atoms with E-state index in [1.807, 2.05) is 13.8 Å². The van der Waals surface area contributed by atoms with Crippen LogP contribution in [0.4, 0.5) is 0 Å². The summed E-state index contributed by atoms with van der Waals surface area (Å²) in [5.41, 5.74) is 0.520. The molecule has 0 aliphatic carbocycles. The standard InChI is InChI=1S/C15H18N2O4S/c1-11-9-17(10-12(2)20-11)22(18,19)15-6-4-3-5-13(15)14-7-8-16-21-14/h3-8,11-12H,9-10H2,1-2H3/t11-,12+. The Morgan fingerprint density at radius 2 is 1.82 bits per heavy atom. The Bertz CT molecular complexity index is 733. The van der Waals surface area contributed by atoms with Gasteiger partial charge in [-0.15, -0.1) is 0 Å². The van der Waals surface area contributed by atoms with Gasteiger partial charge in [0, 0.05) is 24.7 Å². The van der Waals surface area contributed by atoms with Crippen LogP contribution in [0.5, 0.6) is 0 Å². The molecule has 1 fully saturated rings. The van der Waals surface area contributed by atoms with Gasteiger partial charge in [-0.1, -0.05) is 17.3 Å². The Labute approximate surface area is 129 Å². The van der Waals surface area contributed by atoms with E-state index < -0.39 is 10.0 Å². The number of ether oxygens (including phenoxy) is 1. The minimum atomic E-state index is -3.62. The van der Waals surface area contributed by atoms with Crippen LogP contribution in [0, 0.1) is 0 Å². The molecule has 1 aromatic heterocycles. The van der Waals surface area contributed by atoms with Crippen molar-refractivity contribution in [3.63, 3.8) is 0 Å². The molecule has 0 unspecified atom stereocenters. The molecule has 0 radical (unpaired) electrons. The summed E-state index contributed by atoms with van der Waals surface area (Å²) < 4.78 is 38.2. The first-order chi connectivity index (χ1) is 10.5. The van der Waals surface area contributed by atoms with Crippen molar-refractivity contribution in [2.75, 3.05) is 13.1 Å². The molecule has 3 rings (SSSR count). The molecule has 0 saturated carbocycles. The van der Waals surface area contributed by atoms with Crippen LogP contribution >= 0.6 is 0 Å². The van der Waals surface area contributed by atoms with E-state index in [-0.39, 0.29) is 17.1 Å². The summed E-state index contributed by atoms with van der Waals surface area (Å²) in [6.07, 6.45) is 1.24. The lowest BCUT2D eigenvalue weighted by Crippen LogP contribution is -2.48. The van der Waals surface area contributed by atoms with Gasteiger partial charge in [0.15, 0.2) is 5.76 Å². The van der Waals surface area contributed by atoms with Crippen LogP contribution in [0.3, 0.4) is 0 Å². The molecule has 0 spiro atoms. The third-order valence-electron chi connectivity index (χ3n) is 3.59. The fraction of sp³-hybridized carbons (Fsp3) is 0.400. The number of benzene rings is 1. The predicted molar refractivity (Wildman–Crippen MR) is 80.7 cm³/mol. The molecule has 1 saturated heterocycles. The number of nitrogens with zero attached hydrogens (tertiary/aromatic N) is 2. The molecule has 1 aliphatic heterocycles. The second-order valence-corrected chi connectivity index (χ2v) is 7.36. The molecule has 6 nitrogen and oxygen atoms in total. The fourth-order valence-electron chi connectivity index (χ4n) is 2.72. The maximum absolute atomic E-state index is 13.0. The minimum Gasteiger partial charge on any atom is -0.373 e. The van der Waals surface area contributed by atoms with Crippen LogP contribution in [0.15, 0.2) is 45.9 Å².